The zero-order valence-electron chi connectivity index (χ0n) is 5.83. The Bertz CT molecular complexity index is 158. The van der Waals surface area contributed by atoms with Crippen LogP contribution in [0.25, 0.3) is 0 Å². The summed E-state index contributed by atoms with van der Waals surface area (Å²) in [5.41, 5.74) is 0. The maximum Gasteiger partial charge on any atom is 0.341 e. The maximum atomic E-state index is 9.95. The molecule has 0 radical (unpaired) electrons. The van der Waals surface area contributed by atoms with Crippen LogP contribution < -0.4 is 0 Å². The van der Waals surface area contributed by atoms with Crippen molar-refractivity contribution in [1.82, 2.24) is 0 Å². The number of rotatable bonds is 4. The van der Waals surface area contributed by atoms with Gasteiger partial charge >= 0.3 is 5.97 Å². The van der Waals surface area contributed by atoms with Crippen LogP contribution >= 0.6 is 0 Å². The zero-order valence-corrected chi connectivity index (χ0v) is 5.83. The van der Waals surface area contributed by atoms with E-state index >= 15 is 0 Å². The molecule has 56 valence electrons. The highest BCUT2D eigenvalue weighted by atomic mass is 16.5. The SMILES string of the molecule is C=CC(=CC)OCC(=O)O. The van der Waals surface area contributed by atoms with E-state index in [1.165, 1.54) is 6.08 Å². The average molecular weight is 142 g/mol. The summed E-state index contributed by atoms with van der Waals surface area (Å²) in [5.74, 6) is -0.497. The van der Waals surface area contributed by atoms with E-state index in [1.807, 2.05) is 0 Å². The predicted octanol–water partition coefficient (Wildman–Crippen LogP) is 1.18. The summed E-state index contributed by atoms with van der Waals surface area (Å²) in [6, 6.07) is 0. The van der Waals surface area contributed by atoms with Crippen LogP contribution in [0.4, 0.5) is 0 Å². The summed E-state index contributed by atoms with van der Waals surface area (Å²) >= 11 is 0. The Balaban J connectivity index is 3.66. The first-order valence-electron chi connectivity index (χ1n) is 2.84. The van der Waals surface area contributed by atoms with E-state index in [-0.39, 0.29) is 6.61 Å². The summed E-state index contributed by atoms with van der Waals surface area (Å²) in [4.78, 5) is 9.95. The van der Waals surface area contributed by atoms with Crippen molar-refractivity contribution >= 4 is 5.97 Å². The van der Waals surface area contributed by atoms with Crippen LogP contribution in [0.15, 0.2) is 24.5 Å². The Morgan fingerprint density at radius 2 is 2.40 bits per heavy atom. The van der Waals surface area contributed by atoms with Crippen molar-refractivity contribution < 1.29 is 14.6 Å². The lowest BCUT2D eigenvalue weighted by Crippen LogP contribution is -2.05. The van der Waals surface area contributed by atoms with Crippen LogP contribution in [0.1, 0.15) is 6.92 Å². The summed E-state index contributed by atoms with van der Waals surface area (Å²) in [6.45, 7) is 4.86. The van der Waals surface area contributed by atoms with Crippen molar-refractivity contribution in [3.05, 3.63) is 24.5 Å². The van der Waals surface area contributed by atoms with E-state index in [1.54, 1.807) is 13.0 Å². The molecule has 0 unspecified atom stereocenters. The second kappa shape index (κ2) is 4.61. The van der Waals surface area contributed by atoms with Gasteiger partial charge in [0, 0.05) is 0 Å². The van der Waals surface area contributed by atoms with E-state index in [2.05, 4.69) is 6.58 Å². The number of allylic oxidation sites excluding steroid dienone is 2. The lowest BCUT2D eigenvalue weighted by molar-refractivity contribution is -0.140. The number of carboxylic acid groups (broad SMARTS) is 1. The van der Waals surface area contributed by atoms with Crippen LogP contribution in [0, 0.1) is 0 Å². The molecule has 1 N–H and O–H groups in total. The molecule has 0 aromatic rings. The van der Waals surface area contributed by atoms with Gasteiger partial charge < -0.3 is 9.84 Å². The van der Waals surface area contributed by atoms with Gasteiger partial charge in [-0.25, -0.2) is 4.79 Å². The predicted molar refractivity (Wildman–Crippen MR) is 37.5 cm³/mol. The third-order valence-electron chi connectivity index (χ3n) is 0.848. The van der Waals surface area contributed by atoms with Gasteiger partial charge in [-0.3, -0.25) is 0 Å². The van der Waals surface area contributed by atoms with E-state index in [9.17, 15) is 4.79 Å². The summed E-state index contributed by atoms with van der Waals surface area (Å²) in [6.07, 6.45) is 3.11. The van der Waals surface area contributed by atoms with Gasteiger partial charge in [0.05, 0.1) is 0 Å². The maximum absolute atomic E-state index is 9.95. The molecule has 0 heterocycles. The first kappa shape index (κ1) is 8.75. The summed E-state index contributed by atoms with van der Waals surface area (Å²) < 4.78 is 4.75. The molecule has 0 aliphatic carbocycles. The molecular weight excluding hydrogens is 132 g/mol. The second-order valence-electron chi connectivity index (χ2n) is 1.58. The monoisotopic (exact) mass is 142 g/mol. The van der Waals surface area contributed by atoms with Gasteiger partial charge in [-0.15, -0.1) is 0 Å². The lowest BCUT2D eigenvalue weighted by atomic mass is 10.4. The van der Waals surface area contributed by atoms with Gasteiger partial charge in [0.1, 0.15) is 5.76 Å². The van der Waals surface area contributed by atoms with Gasteiger partial charge in [0.2, 0.25) is 0 Å². The van der Waals surface area contributed by atoms with Crippen LogP contribution in [0.2, 0.25) is 0 Å². The molecule has 0 amide bonds. The van der Waals surface area contributed by atoms with Crippen LogP contribution in [0.3, 0.4) is 0 Å². The van der Waals surface area contributed by atoms with Gasteiger partial charge in [0.15, 0.2) is 6.61 Å². The first-order valence-corrected chi connectivity index (χ1v) is 2.84. The molecule has 10 heavy (non-hydrogen) atoms. The lowest BCUT2D eigenvalue weighted by Gasteiger charge is -2.00. The molecule has 0 aliphatic heterocycles. The third-order valence-corrected chi connectivity index (χ3v) is 0.848. The fraction of sp³-hybridized carbons (Fsp3) is 0.286. The molecule has 0 aromatic heterocycles. The first-order chi connectivity index (χ1) is 4.70. The topological polar surface area (TPSA) is 46.5 Å². The Hall–Kier alpha value is -1.25. The number of hydrogen-bond donors (Lipinski definition) is 1. The molecule has 0 aromatic carbocycles. The number of hydrogen-bond acceptors (Lipinski definition) is 2. The molecule has 0 fully saturated rings. The van der Waals surface area contributed by atoms with E-state index in [0.717, 1.165) is 0 Å². The number of ether oxygens (including phenoxy) is 1. The fourth-order valence-corrected chi connectivity index (χ4v) is 0.405. The largest absolute Gasteiger partial charge is 0.482 e. The molecule has 0 bridgehead atoms. The van der Waals surface area contributed by atoms with Crippen molar-refractivity contribution in [1.29, 1.82) is 0 Å². The normalized spacial score (nSPS) is 10.7. The van der Waals surface area contributed by atoms with Crippen LogP contribution in [0.5, 0.6) is 0 Å². The molecule has 0 saturated heterocycles. The van der Waals surface area contributed by atoms with Gasteiger partial charge in [0.25, 0.3) is 0 Å². The number of carboxylic acids is 1. The van der Waals surface area contributed by atoms with Crippen LogP contribution in [-0.2, 0) is 9.53 Å². The molecule has 0 rings (SSSR count). The molecule has 0 saturated carbocycles. The zero-order chi connectivity index (χ0) is 7.98. The Kier molecular flexibility index (Phi) is 4.04. The Labute approximate surface area is 59.6 Å². The number of aliphatic carboxylic acids is 1. The van der Waals surface area contributed by atoms with Gasteiger partial charge in [-0.2, -0.15) is 0 Å². The average Bonchev–Trinajstić information content (AvgIpc) is 1.90. The molecule has 0 spiro atoms. The van der Waals surface area contributed by atoms with Crippen molar-refractivity contribution in [3.63, 3.8) is 0 Å². The highest BCUT2D eigenvalue weighted by Crippen LogP contribution is 1.96. The molecule has 3 nitrogen and oxygen atoms in total. The third kappa shape index (κ3) is 3.72. The Morgan fingerprint density at radius 1 is 1.80 bits per heavy atom. The van der Waals surface area contributed by atoms with Crippen LogP contribution in [-0.4, -0.2) is 17.7 Å². The quantitative estimate of drug-likeness (QED) is 0.473. The van der Waals surface area contributed by atoms with Crippen molar-refractivity contribution in [3.8, 4) is 0 Å². The summed E-state index contributed by atoms with van der Waals surface area (Å²) in [7, 11) is 0. The van der Waals surface area contributed by atoms with Crippen molar-refractivity contribution in [2.45, 2.75) is 6.92 Å². The number of carbonyl (C=O) groups is 1. The van der Waals surface area contributed by atoms with Crippen molar-refractivity contribution in [2.75, 3.05) is 6.61 Å². The Morgan fingerprint density at radius 3 is 2.70 bits per heavy atom. The highest BCUT2D eigenvalue weighted by Gasteiger charge is 1.96. The summed E-state index contributed by atoms with van der Waals surface area (Å²) in [5, 5.41) is 8.17. The second-order valence-corrected chi connectivity index (χ2v) is 1.58. The van der Waals surface area contributed by atoms with Gasteiger partial charge in [-0.05, 0) is 19.1 Å². The minimum atomic E-state index is -0.985. The molecule has 3 heteroatoms. The molecule has 0 atom stereocenters. The van der Waals surface area contributed by atoms with Crippen molar-refractivity contribution in [2.24, 2.45) is 0 Å². The van der Waals surface area contributed by atoms with E-state index in [4.69, 9.17) is 9.84 Å². The fourth-order valence-electron chi connectivity index (χ4n) is 0.405. The standard InChI is InChI=1S/C7H10O3/c1-3-6(4-2)10-5-7(8)9/h3-4H,1,5H2,2H3,(H,8,9). The minimum Gasteiger partial charge on any atom is -0.482 e. The molecular formula is C7H10O3. The van der Waals surface area contributed by atoms with E-state index in [0.29, 0.717) is 5.76 Å². The van der Waals surface area contributed by atoms with Gasteiger partial charge in [-0.1, -0.05) is 6.58 Å². The minimum absolute atomic E-state index is 0.314. The molecule has 0 aliphatic rings. The smallest absolute Gasteiger partial charge is 0.341 e. The van der Waals surface area contributed by atoms with E-state index < -0.39 is 5.97 Å². The highest BCUT2D eigenvalue weighted by molar-refractivity contribution is 5.68.